The van der Waals surface area contributed by atoms with Crippen LogP contribution in [0.3, 0.4) is 0 Å². The van der Waals surface area contributed by atoms with Crippen molar-refractivity contribution in [2.45, 2.75) is 19.8 Å². The Morgan fingerprint density at radius 3 is 2.52 bits per heavy atom. The van der Waals surface area contributed by atoms with E-state index in [-0.39, 0.29) is 0 Å². The Balaban J connectivity index is 2.03. The Morgan fingerprint density at radius 1 is 1.10 bits per heavy atom. The van der Waals surface area contributed by atoms with E-state index in [0.717, 1.165) is 28.6 Å². The van der Waals surface area contributed by atoms with Gasteiger partial charge in [-0.25, -0.2) is 4.98 Å². The summed E-state index contributed by atoms with van der Waals surface area (Å²) in [6, 6.07) is 13.9. The van der Waals surface area contributed by atoms with Gasteiger partial charge >= 0.3 is 0 Å². The van der Waals surface area contributed by atoms with Gasteiger partial charge in [0.15, 0.2) is 0 Å². The van der Waals surface area contributed by atoms with Crippen LogP contribution in [0.2, 0.25) is 0 Å². The van der Waals surface area contributed by atoms with Gasteiger partial charge in [0.1, 0.15) is 17.2 Å². The van der Waals surface area contributed by atoms with Crippen LogP contribution in [0.5, 0.6) is 5.75 Å². The van der Waals surface area contributed by atoms with Crippen LogP contribution in [0, 0.1) is 0 Å². The van der Waals surface area contributed by atoms with Crippen LogP contribution in [0.1, 0.15) is 25.5 Å². The Bertz CT molecular complexity index is 744. The largest absolute Gasteiger partial charge is 0.497 e. The van der Waals surface area contributed by atoms with Gasteiger partial charge in [-0.2, -0.15) is 0 Å². The van der Waals surface area contributed by atoms with Gasteiger partial charge < -0.3 is 10.1 Å². The van der Waals surface area contributed by atoms with Crippen LogP contribution in [-0.2, 0) is 0 Å². The standard InChI is InChI=1S/C17H19N3O/c1-12(2)16-17(20-11-5-4-6-15(20)19-16)18-13-7-9-14(21-3)10-8-13/h4-12,18H,1-3H3. The molecule has 1 N–H and O–H groups in total. The molecule has 0 bridgehead atoms. The Kier molecular flexibility index (Phi) is 3.52. The van der Waals surface area contributed by atoms with E-state index in [4.69, 9.17) is 9.72 Å². The Labute approximate surface area is 124 Å². The van der Waals surface area contributed by atoms with Crippen LogP contribution in [0.25, 0.3) is 5.65 Å². The zero-order valence-corrected chi connectivity index (χ0v) is 12.5. The number of imidazole rings is 1. The van der Waals surface area contributed by atoms with Gasteiger partial charge in [0, 0.05) is 11.9 Å². The molecule has 4 nitrogen and oxygen atoms in total. The van der Waals surface area contributed by atoms with Crippen molar-refractivity contribution in [1.29, 1.82) is 0 Å². The Morgan fingerprint density at radius 2 is 1.86 bits per heavy atom. The molecule has 4 heteroatoms. The zero-order valence-electron chi connectivity index (χ0n) is 12.5. The molecule has 2 aromatic heterocycles. The van der Waals surface area contributed by atoms with E-state index < -0.39 is 0 Å². The van der Waals surface area contributed by atoms with Crippen molar-refractivity contribution in [3.05, 3.63) is 54.4 Å². The summed E-state index contributed by atoms with van der Waals surface area (Å²) in [5.74, 6) is 2.22. The minimum atomic E-state index is 0.352. The molecule has 0 saturated carbocycles. The quantitative estimate of drug-likeness (QED) is 0.778. The first-order chi connectivity index (χ1) is 10.2. The van der Waals surface area contributed by atoms with Crippen molar-refractivity contribution in [2.75, 3.05) is 12.4 Å². The van der Waals surface area contributed by atoms with Gasteiger partial charge in [0.2, 0.25) is 0 Å². The normalized spacial score (nSPS) is 11.0. The fourth-order valence-electron chi connectivity index (χ4n) is 2.35. The third-order valence-electron chi connectivity index (χ3n) is 3.46. The summed E-state index contributed by atoms with van der Waals surface area (Å²) >= 11 is 0. The molecule has 0 amide bonds. The van der Waals surface area contributed by atoms with Gasteiger partial charge in [-0.05, 0) is 42.3 Å². The van der Waals surface area contributed by atoms with E-state index in [1.165, 1.54) is 0 Å². The maximum atomic E-state index is 5.19. The van der Waals surface area contributed by atoms with E-state index in [1.54, 1.807) is 7.11 Å². The molecule has 0 aliphatic rings. The molecule has 21 heavy (non-hydrogen) atoms. The molecule has 0 aliphatic carbocycles. The summed E-state index contributed by atoms with van der Waals surface area (Å²) in [5, 5.41) is 3.47. The Hall–Kier alpha value is -2.49. The highest BCUT2D eigenvalue weighted by Gasteiger charge is 2.14. The van der Waals surface area contributed by atoms with Crippen molar-refractivity contribution in [2.24, 2.45) is 0 Å². The molecule has 0 spiro atoms. The fraction of sp³-hybridized carbons (Fsp3) is 0.235. The third kappa shape index (κ3) is 2.57. The first-order valence-electron chi connectivity index (χ1n) is 7.07. The number of nitrogens with one attached hydrogen (secondary N) is 1. The number of rotatable bonds is 4. The minimum absolute atomic E-state index is 0.352. The van der Waals surface area contributed by atoms with Crippen molar-refractivity contribution in [3.8, 4) is 5.75 Å². The maximum Gasteiger partial charge on any atom is 0.138 e. The number of aromatic nitrogens is 2. The predicted octanol–water partition coefficient (Wildman–Crippen LogP) is 4.21. The first-order valence-corrected chi connectivity index (χ1v) is 7.07. The van der Waals surface area contributed by atoms with E-state index in [9.17, 15) is 0 Å². The number of ether oxygens (including phenoxy) is 1. The number of pyridine rings is 1. The van der Waals surface area contributed by atoms with Gasteiger partial charge in [-0.3, -0.25) is 4.40 Å². The van der Waals surface area contributed by atoms with E-state index in [2.05, 4.69) is 23.6 Å². The summed E-state index contributed by atoms with van der Waals surface area (Å²) in [5.41, 5.74) is 3.04. The summed E-state index contributed by atoms with van der Waals surface area (Å²) in [4.78, 5) is 4.72. The molecule has 0 saturated heterocycles. The summed E-state index contributed by atoms with van der Waals surface area (Å²) < 4.78 is 7.27. The van der Waals surface area contributed by atoms with Crippen molar-refractivity contribution < 1.29 is 4.74 Å². The number of nitrogens with zero attached hydrogens (tertiary/aromatic N) is 2. The number of fused-ring (bicyclic) bond motifs is 1. The van der Waals surface area contributed by atoms with Crippen molar-refractivity contribution in [1.82, 2.24) is 9.38 Å². The molecule has 0 aliphatic heterocycles. The number of anilines is 2. The van der Waals surface area contributed by atoms with Crippen molar-refractivity contribution >= 4 is 17.2 Å². The fourth-order valence-corrected chi connectivity index (χ4v) is 2.35. The summed E-state index contributed by atoms with van der Waals surface area (Å²) in [7, 11) is 1.67. The van der Waals surface area contributed by atoms with Crippen LogP contribution >= 0.6 is 0 Å². The lowest BCUT2D eigenvalue weighted by atomic mass is 10.1. The smallest absolute Gasteiger partial charge is 0.138 e. The molecule has 2 heterocycles. The molecule has 108 valence electrons. The highest BCUT2D eigenvalue weighted by Crippen LogP contribution is 2.28. The van der Waals surface area contributed by atoms with Crippen LogP contribution < -0.4 is 10.1 Å². The highest BCUT2D eigenvalue weighted by molar-refractivity contribution is 5.64. The highest BCUT2D eigenvalue weighted by atomic mass is 16.5. The second kappa shape index (κ2) is 5.48. The van der Waals surface area contributed by atoms with Gasteiger partial charge in [0.05, 0.1) is 12.8 Å². The molecule has 0 unspecified atom stereocenters. The summed E-state index contributed by atoms with van der Waals surface area (Å²) in [6.45, 7) is 4.31. The number of hydrogen-bond donors (Lipinski definition) is 1. The lowest BCUT2D eigenvalue weighted by Crippen LogP contribution is -1.99. The second-order valence-corrected chi connectivity index (χ2v) is 5.28. The van der Waals surface area contributed by atoms with Crippen LogP contribution in [-0.4, -0.2) is 16.5 Å². The van der Waals surface area contributed by atoms with Crippen LogP contribution in [0.15, 0.2) is 48.7 Å². The summed E-state index contributed by atoms with van der Waals surface area (Å²) in [6.07, 6.45) is 2.03. The number of hydrogen-bond acceptors (Lipinski definition) is 3. The molecule has 0 radical (unpaired) electrons. The average molecular weight is 281 g/mol. The molecular weight excluding hydrogens is 262 g/mol. The lowest BCUT2D eigenvalue weighted by molar-refractivity contribution is 0.415. The molecule has 0 fully saturated rings. The second-order valence-electron chi connectivity index (χ2n) is 5.28. The maximum absolute atomic E-state index is 5.19. The van der Waals surface area contributed by atoms with E-state index >= 15 is 0 Å². The molecule has 3 rings (SSSR count). The number of benzene rings is 1. The van der Waals surface area contributed by atoms with Gasteiger partial charge in [0.25, 0.3) is 0 Å². The SMILES string of the molecule is COc1ccc(Nc2c(C(C)C)nc3ccccn23)cc1. The zero-order chi connectivity index (χ0) is 14.8. The van der Waals surface area contributed by atoms with Crippen LogP contribution in [0.4, 0.5) is 11.5 Å². The minimum Gasteiger partial charge on any atom is -0.497 e. The van der Waals surface area contributed by atoms with Gasteiger partial charge in [-0.1, -0.05) is 19.9 Å². The average Bonchev–Trinajstić information content (AvgIpc) is 2.87. The molecular formula is C17H19N3O. The molecule has 0 atom stereocenters. The molecule has 3 aromatic rings. The monoisotopic (exact) mass is 281 g/mol. The molecule has 1 aromatic carbocycles. The third-order valence-corrected chi connectivity index (χ3v) is 3.46. The first kappa shape index (κ1) is 13.5. The van der Waals surface area contributed by atoms with Crippen molar-refractivity contribution in [3.63, 3.8) is 0 Å². The van der Waals surface area contributed by atoms with Gasteiger partial charge in [-0.15, -0.1) is 0 Å². The van der Waals surface area contributed by atoms with E-state index in [1.807, 2.05) is 48.7 Å². The number of methoxy groups -OCH3 is 1. The lowest BCUT2D eigenvalue weighted by Gasteiger charge is -2.11. The predicted molar refractivity (Wildman–Crippen MR) is 85.6 cm³/mol. The van der Waals surface area contributed by atoms with E-state index in [0.29, 0.717) is 5.92 Å². The topological polar surface area (TPSA) is 38.6 Å².